The van der Waals surface area contributed by atoms with Crippen molar-refractivity contribution in [1.29, 1.82) is 0 Å². The maximum absolute atomic E-state index is 11.3. The van der Waals surface area contributed by atoms with E-state index in [9.17, 15) is 86.8 Å². The number of benzene rings is 17. The molecule has 600 valence electrons. The van der Waals surface area contributed by atoms with Gasteiger partial charge >= 0.3 is 0 Å². The summed E-state index contributed by atoms with van der Waals surface area (Å²) in [7, 11) is 0. The van der Waals surface area contributed by atoms with Gasteiger partial charge in [-0.25, -0.2) is 0 Å². The van der Waals surface area contributed by atoms with Crippen LogP contribution < -0.4 is 0 Å². The summed E-state index contributed by atoms with van der Waals surface area (Å²) in [5.41, 5.74) is 15.6. The molecule has 0 fully saturated rings. The summed E-state index contributed by atoms with van der Waals surface area (Å²) in [6.07, 6.45) is 4.50. The predicted molar refractivity (Wildman–Crippen MR) is 467 cm³/mol. The molecular formula is C103H86O17. The standard InChI is InChI=1S/C31H26O5.3C24H20O4/c32-25-7-1-19(2-8-25)13-22-16-24(15-21-5-11-27(34)12-6-21)31(36)29-17-23(30(35)18-28(22)29)14-20-3-9-26(33)10-4-20;25-19-7-1-15(2-8-19)13-17-6-12-22(27)21-11-5-18(24(28)23(17)21)14-16-3-9-20(26)10-4-16;25-18-6-1-15(2-7-18)13-17-5-10-20-21(24(17)28)11-12-23(27)22(20)14-16-3-8-19(26)9-4-16;25-18-8-4-15(5-9-18)12-17-14-21-20(2-1-3-23(21)27)22(24(17)28)13-16-6-10-19(26)11-7-16/h1-12,16-18,32-36H,13-15H2;2*1-12,25-28H,13-14H2;1-11,14,25-28H,12-13H2. The lowest BCUT2D eigenvalue weighted by Gasteiger charge is -2.16. The van der Waals surface area contributed by atoms with E-state index in [2.05, 4.69) is 0 Å². The minimum Gasteiger partial charge on any atom is -0.508 e. The van der Waals surface area contributed by atoms with Gasteiger partial charge in [0.1, 0.15) is 97.7 Å². The van der Waals surface area contributed by atoms with E-state index >= 15 is 0 Å². The molecule has 0 aliphatic carbocycles. The van der Waals surface area contributed by atoms with Crippen molar-refractivity contribution in [1.82, 2.24) is 0 Å². The fourth-order valence-corrected chi connectivity index (χ4v) is 15.0. The van der Waals surface area contributed by atoms with E-state index in [-0.39, 0.29) is 97.7 Å². The minimum atomic E-state index is 0.121. The van der Waals surface area contributed by atoms with Gasteiger partial charge in [0.25, 0.3) is 0 Å². The second-order valence-corrected chi connectivity index (χ2v) is 29.9. The van der Waals surface area contributed by atoms with Crippen LogP contribution in [0, 0.1) is 0 Å². The molecular weight excluding hydrogens is 1510 g/mol. The van der Waals surface area contributed by atoms with Gasteiger partial charge in [-0.2, -0.15) is 0 Å². The summed E-state index contributed by atoms with van der Waals surface area (Å²) in [5, 5.41) is 177. The number of hydrogen-bond acceptors (Lipinski definition) is 17. The molecule has 0 aliphatic rings. The number of hydrogen-bond donors (Lipinski definition) is 17. The average molecular weight is 1600 g/mol. The summed E-state index contributed by atoms with van der Waals surface area (Å²) >= 11 is 0. The molecule has 17 aromatic rings. The van der Waals surface area contributed by atoms with Crippen LogP contribution in [0.5, 0.6) is 97.7 Å². The first kappa shape index (κ1) is 81.0. The summed E-state index contributed by atoms with van der Waals surface area (Å²) in [4.78, 5) is 0. The third-order valence-electron chi connectivity index (χ3n) is 21.4. The van der Waals surface area contributed by atoms with Crippen LogP contribution in [0.2, 0.25) is 0 Å². The Bertz CT molecular complexity index is 6500. The van der Waals surface area contributed by atoms with Crippen LogP contribution in [-0.2, 0) is 57.8 Å². The van der Waals surface area contributed by atoms with Crippen LogP contribution in [0.4, 0.5) is 0 Å². The van der Waals surface area contributed by atoms with Crippen molar-refractivity contribution in [3.8, 4) is 97.7 Å². The Morgan fingerprint density at radius 1 is 0.142 bits per heavy atom. The molecule has 0 radical (unpaired) electrons. The van der Waals surface area contributed by atoms with Crippen molar-refractivity contribution in [2.24, 2.45) is 0 Å². The van der Waals surface area contributed by atoms with E-state index in [1.54, 1.807) is 158 Å². The molecule has 0 unspecified atom stereocenters. The summed E-state index contributed by atoms with van der Waals surface area (Å²) in [6, 6.07) is 88.8. The molecule has 17 rings (SSSR count). The Kier molecular flexibility index (Phi) is 24.3. The van der Waals surface area contributed by atoms with Gasteiger partial charge in [-0.1, -0.05) is 158 Å². The van der Waals surface area contributed by atoms with Gasteiger partial charge in [0.2, 0.25) is 0 Å². The lowest BCUT2D eigenvalue weighted by Crippen LogP contribution is -1.98. The summed E-state index contributed by atoms with van der Waals surface area (Å²) < 4.78 is 0. The summed E-state index contributed by atoms with van der Waals surface area (Å²) in [5.74, 6) is 3.03. The molecule has 0 spiro atoms. The van der Waals surface area contributed by atoms with Crippen molar-refractivity contribution in [3.63, 3.8) is 0 Å². The van der Waals surface area contributed by atoms with Crippen molar-refractivity contribution < 1.29 is 86.8 Å². The molecule has 0 aromatic heterocycles. The van der Waals surface area contributed by atoms with Gasteiger partial charge < -0.3 is 86.8 Å². The Labute approximate surface area is 691 Å². The van der Waals surface area contributed by atoms with Gasteiger partial charge in [0.15, 0.2) is 0 Å². The number of aromatic hydroxyl groups is 17. The van der Waals surface area contributed by atoms with Crippen LogP contribution in [0.1, 0.15) is 100 Å². The predicted octanol–water partition coefficient (Wildman–Crippen LogP) is 20.7. The first-order valence-corrected chi connectivity index (χ1v) is 38.8. The normalized spacial score (nSPS) is 11.0. The first-order chi connectivity index (χ1) is 57.9. The van der Waals surface area contributed by atoms with Crippen LogP contribution in [0.3, 0.4) is 0 Å². The van der Waals surface area contributed by atoms with Gasteiger partial charge in [-0.3, -0.25) is 0 Å². The molecule has 17 heteroatoms. The molecule has 0 heterocycles. The molecule has 0 aliphatic heterocycles. The molecule has 17 aromatic carbocycles. The van der Waals surface area contributed by atoms with Crippen molar-refractivity contribution in [3.05, 3.63) is 410 Å². The fourth-order valence-electron chi connectivity index (χ4n) is 15.0. The highest BCUT2D eigenvalue weighted by atomic mass is 16.3. The van der Waals surface area contributed by atoms with Crippen molar-refractivity contribution in [2.75, 3.05) is 0 Å². The smallest absolute Gasteiger partial charge is 0.127 e. The van der Waals surface area contributed by atoms with E-state index in [4.69, 9.17) is 0 Å². The largest absolute Gasteiger partial charge is 0.508 e. The molecule has 0 atom stereocenters. The number of rotatable bonds is 18. The highest BCUT2D eigenvalue weighted by Crippen LogP contribution is 2.44. The molecule has 0 bridgehead atoms. The van der Waals surface area contributed by atoms with Gasteiger partial charge in [-0.15, -0.1) is 0 Å². The third-order valence-corrected chi connectivity index (χ3v) is 21.4. The highest BCUT2D eigenvalue weighted by Gasteiger charge is 2.22. The maximum Gasteiger partial charge on any atom is 0.127 e. The molecule has 17 nitrogen and oxygen atoms in total. The van der Waals surface area contributed by atoms with Gasteiger partial charge in [-0.05, 0) is 270 Å². The van der Waals surface area contributed by atoms with E-state index in [1.165, 1.54) is 0 Å². The summed E-state index contributed by atoms with van der Waals surface area (Å²) in [6.45, 7) is 0. The van der Waals surface area contributed by atoms with Crippen LogP contribution in [0.25, 0.3) is 43.1 Å². The molecule has 120 heavy (non-hydrogen) atoms. The van der Waals surface area contributed by atoms with Crippen molar-refractivity contribution in [2.45, 2.75) is 57.8 Å². The zero-order chi connectivity index (χ0) is 84.3. The fraction of sp³-hybridized carbons (Fsp3) is 0.0874. The van der Waals surface area contributed by atoms with E-state index in [0.717, 1.165) is 105 Å². The van der Waals surface area contributed by atoms with Gasteiger partial charge in [0.05, 0.1) is 0 Å². The first-order valence-electron chi connectivity index (χ1n) is 38.8. The quantitative estimate of drug-likeness (QED) is 0.0379. The second-order valence-electron chi connectivity index (χ2n) is 29.9. The zero-order valence-corrected chi connectivity index (χ0v) is 64.9. The Morgan fingerprint density at radius 3 is 0.858 bits per heavy atom. The second kappa shape index (κ2) is 36.0. The minimum absolute atomic E-state index is 0.121. The molecule has 0 saturated carbocycles. The molecule has 0 amide bonds. The average Bonchev–Trinajstić information content (AvgIpc) is 0.785. The Morgan fingerprint density at radius 2 is 0.433 bits per heavy atom. The monoisotopic (exact) mass is 1590 g/mol. The maximum atomic E-state index is 11.3. The van der Waals surface area contributed by atoms with E-state index in [0.29, 0.717) is 95.8 Å². The lowest BCUT2D eigenvalue weighted by molar-refractivity contribution is 0.463. The number of fused-ring (bicyclic) bond motifs is 4. The lowest BCUT2D eigenvalue weighted by atomic mass is 9.90. The molecule has 17 N–H and O–H groups in total. The van der Waals surface area contributed by atoms with Gasteiger partial charge in [0, 0.05) is 83.0 Å². The molecule has 0 saturated heterocycles. The van der Waals surface area contributed by atoms with E-state index in [1.807, 2.05) is 152 Å². The van der Waals surface area contributed by atoms with E-state index < -0.39 is 0 Å². The third kappa shape index (κ3) is 19.5. The Hall–Kier alpha value is -15.6. The van der Waals surface area contributed by atoms with Crippen molar-refractivity contribution >= 4 is 43.1 Å². The zero-order valence-electron chi connectivity index (χ0n) is 64.9. The van der Waals surface area contributed by atoms with Crippen LogP contribution in [-0.4, -0.2) is 86.8 Å². The van der Waals surface area contributed by atoms with Crippen LogP contribution in [0.15, 0.2) is 309 Å². The van der Waals surface area contributed by atoms with Crippen LogP contribution >= 0.6 is 0 Å². The SMILES string of the molecule is Oc1ccc(Cc2cc3c(O)c(Cc4ccc(O)cc4)cc(Cc4ccc(O)cc4)c3cc2O)cc1.Oc1ccc(Cc2cc3c(O)cccc3c(Cc3ccc(O)cc3)c2O)cc1.Oc1ccc(Cc2ccc3c(Cc4ccc(O)cc4)c(O)ccc3c2O)cc1.Oc1ccc(Cc2ccc3c(O)ccc(Cc4ccc(O)cc4)c3c2O)cc1. The Balaban J connectivity index is 0.000000132. The topological polar surface area (TPSA) is 344 Å². The number of phenolic OH excluding ortho intramolecular Hbond substituents is 17. The number of phenols is 17. The highest BCUT2D eigenvalue weighted by molar-refractivity contribution is 5.98.